The van der Waals surface area contributed by atoms with Crippen LogP contribution in [0, 0.1) is 17.2 Å². The first-order valence-electron chi connectivity index (χ1n) is 8.70. The molecule has 0 radical (unpaired) electrons. The lowest BCUT2D eigenvalue weighted by Gasteiger charge is -2.20. The monoisotopic (exact) mass is 332 g/mol. The highest BCUT2D eigenvalue weighted by Gasteiger charge is 2.25. The van der Waals surface area contributed by atoms with Gasteiger partial charge < -0.3 is 10.4 Å². The summed E-state index contributed by atoms with van der Waals surface area (Å²) in [6.07, 6.45) is 9.65. The maximum Gasteiger partial charge on any atom is 0.225 e. The number of anilines is 1. The van der Waals surface area contributed by atoms with Crippen molar-refractivity contribution in [3.8, 4) is 6.07 Å². The fourth-order valence-electron chi connectivity index (χ4n) is 3.78. The van der Waals surface area contributed by atoms with Crippen LogP contribution in [0.15, 0.2) is 0 Å². The molecule has 0 aromatic carbocycles. The molecule has 1 fully saturated rings. The van der Waals surface area contributed by atoms with Gasteiger partial charge >= 0.3 is 0 Å². The van der Waals surface area contributed by atoms with Crippen LogP contribution < -0.4 is 5.32 Å². The second-order valence-electron chi connectivity index (χ2n) is 6.81. The van der Waals surface area contributed by atoms with Gasteiger partial charge in [0.25, 0.3) is 0 Å². The molecule has 1 aromatic rings. The predicted octanol–water partition coefficient (Wildman–Crippen LogP) is 3.77. The number of fused-ring (bicyclic) bond motifs is 1. The number of nitriles is 1. The van der Waals surface area contributed by atoms with Crippen molar-refractivity contribution in [2.45, 2.75) is 70.3 Å². The molecule has 4 nitrogen and oxygen atoms in total. The van der Waals surface area contributed by atoms with E-state index in [9.17, 15) is 15.2 Å². The van der Waals surface area contributed by atoms with Gasteiger partial charge in [-0.3, -0.25) is 4.79 Å². The lowest BCUT2D eigenvalue weighted by atomic mass is 9.86. The molecule has 2 aliphatic rings. The van der Waals surface area contributed by atoms with Crippen LogP contribution in [0.4, 0.5) is 5.00 Å². The number of hydrogen-bond acceptors (Lipinski definition) is 4. The summed E-state index contributed by atoms with van der Waals surface area (Å²) in [5.41, 5.74) is 1.65. The Labute approximate surface area is 141 Å². The van der Waals surface area contributed by atoms with Gasteiger partial charge in [0.05, 0.1) is 11.7 Å². The van der Waals surface area contributed by atoms with Gasteiger partial charge in [-0.05, 0) is 30.7 Å². The number of amides is 1. The molecular formula is C18H24N2O2S. The standard InChI is InChI=1S/C18H24N2O2S/c19-11-15-14-8-7-13(21)10-16(14)23-18(15)20-17(22)9-6-12-4-2-1-3-5-12/h12-13,21H,1-10H2,(H,20,22). The molecule has 1 atom stereocenters. The van der Waals surface area contributed by atoms with Gasteiger partial charge in [-0.1, -0.05) is 32.1 Å². The molecule has 23 heavy (non-hydrogen) atoms. The van der Waals surface area contributed by atoms with Crippen molar-refractivity contribution in [3.63, 3.8) is 0 Å². The molecule has 1 heterocycles. The third-order valence-electron chi connectivity index (χ3n) is 5.11. The Bertz CT molecular complexity index is 611. The first kappa shape index (κ1) is 16.5. The fourth-order valence-corrected chi connectivity index (χ4v) is 5.06. The van der Waals surface area contributed by atoms with Crippen molar-refractivity contribution in [1.29, 1.82) is 5.26 Å². The molecule has 0 spiro atoms. The van der Waals surface area contributed by atoms with E-state index >= 15 is 0 Å². The second-order valence-corrected chi connectivity index (χ2v) is 7.91. The van der Waals surface area contributed by atoms with Crippen molar-refractivity contribution in [2.75, 3.05) is 5.32 Å². The Kier molecular flexibility index (Phi) is 5.34. The van der Waals surface area contributed by atoms with Crippen molar-refractivity contribution >= 4 is 22.2 Å². The van der Waals surface area contributed by atoms with Crippen molar-refractivity contribution in [1.82, 2.24) is 0 Å². The number of thiophene rings is 1. The quantitative estimate of drug-likeness (QED) is 0.881. The van der Waals surface area contributed by atoms with Crippen molar-refractivity contribution in [3.05, 3.63) is 16.0 Å². The minimum absolute atomic E-state index is 0.0196. The van der Waals surface area contributed by atoms with Gasteiger partial charge in [0.2, 0.25) is 5.91 Å². The van der Waals surface area contributed by atoms with Crippen LogP contribution in [-0.2, 0) is 17.6 Å². The molecular weight excluding hydrogens is 308 g/mol. The van der Waals surface area contributed by atoms with E-state index in [1.807, 2.05) is 0 Å². The molecule has 3 rings (SSSR count). The van der Waals surface area contributed by atoms with Crippen LogP contribution in [0.2, 0.25) is 0 Å². The number of rotatable bonds is 4. The molecule has 1 unspecified atom stereocenters. The lowest BCUT2D eigenvalue weighted by Crippen LogP contribution is -2.17. The van der Waals surface area contributed by atoms with E-state index in [0.29, 0.717) is 35.7 Å². The molecule has 124 valence electrons. The summed E-state index contributed by atoms with van der Waals surface area (Å²) in [6.45, 7) is 0. The van der Waals surface area contributed by atoms with E-state index in [-0.39, 0.29) is 12.0 Å². The Morgan fingerprint density at radius 1 is 1.30 bits per heavy atom. The Balaban J connectivity index is 1.61. The minimum atomic E-state index is -0.317. The molecule has 1 saturated carbocycles. The van der Waals surface area contributed by atoms with Crippen molar-refractivity contribution in [2.24, 2.45) is 5.92 Å². The molecule has 1 aromatic heterocycles. The number of aliphatic hydroxyl groups is 1. The van der Waals surface area contributed by atoms with E-state index in [4.69, 9.17) is 0 Å². The maximum absolute atomic E-state index is 12.2. The predicted molar refractivity (Wildman–Crippen MR) is 91.5 cm³/mol. The highest BCUT2D eigenvalue weighted by atomic mass is 32.1. The summed E-state index contributed by atoms with van der Waals surface area (Å²) in [4.78, 5) is 13.3. The summed E-state index contributed by atoms with van der Waals surface area (Å²) < 4.78 is 0. The third kappa shape index (κ3) is 3.94. The van der Waals surface area contributed by atoms with Crippen LogP contribution in [-0.4, -0.2) is 17.1 Å². The van der Waals surface area contributed by atoms with Crippen LogP contribution in [0.1, 0.15) is 67.4 Å². The zero-order valence-electron chi connectivity index (χ0n) is 13.4. The number of aliphatic hydroxyl groups excluding tert-OH is 1. The van der Waals surface area contributed by atoms with Gasteiger partial charge in [0.1, 0.15) is 11.1 Å². The number of nitrogens with zero attached hydrogens (tertiary/aromatic N) is 1. The van der Waals surface area contributed by atoms with Gasteiger partial charge in [-0.25, -0.2) is 0 Å². The highest BCUT2D eigenvalue weighted by molar-refractivity contribution is 7.16. The molecule has 0 bridgehead atoms. The largest absolute Gasteiger partial charge is 0.393 e. The Morgan fingerprint density at radius 3 is 2.83 bits per heavy atom. The first-order chi connectivity index (χ1) is 11.2. The first-order valence-corrected chi connectivity index (χ1v) is 9.51. The second kappa shape index (κ2) is 7.46. The smallest absolute Gasteiger partial charge is 0.225 e. The molecule has 1 amide bonds. The van der Waals surface area contributed by atoms with Gasteiger partial charge in [-0.15, -0.1) is 11.3 Å². The molecule has 5 heteroatoms. The summed E-state index contributed by atoms with van der Waals surface area (Å²) >= 11 is 1.47. The Morgan fingerprint density at radius 2 is 2.09 bits per heavy atom. The van der Waals surface area contributed by atoms with E-state index in [1.165, 1.54) is 43.4 Å². The van der Waals surface area contributed by atoms with Crippen molar-refractivity contribution < 1.29 is 9.90 Å². The SMILES string of the molecule is N#Cc1c(NC(=O)CCC2CCCCC2)sc2c1CCC(O)C2. The van der Waals surface area contributed by atoms with Gasteiger partial charge in [-0.2, -0.15) is 5.26 Å². The lowest BCUT2D eigenvalue weighted by molar-refractivity contribution is -0.116. The topological polar surface area (TPSA) is 73.1 Å². The van der Waals surface area contributed by atoms with E-state index in [2.05, 4.69) is 11.4 Å². The third-order valence-corrected chi connectivity index (χ3v) is 6.28. The summed E-state index contributed by atoms with van der Waals surface area (Å²) in [5.74, 6) is 0.711. The minimum Gasteiger partial charge on any atom is -0.393 e. The number of nitrogens with one attached hydrogen (secondary N) is 1. The molecule has 2 N–H and O–H groups in total. The maximum atomic E-state index is 12.2. The molecule has 0 saturated heterocycles. The van der Waals surface area contributed by atoms with Crippen LogP contribution in [0.25, 0.3) is 0 Å². The highest BCUT2D eigenvalue weighted by Crippen LogP contribution is 2.38. The number of carbonyl (C=O) groups is 1. The van der Waals surface area contributed by atoms with Crippen LogP contribution in [0.3, 0.4) is 0 Å². The van der Waals surface area contributed by atoms with Gasteiger partial charge in [0, 0.05) is 17.7 Å². The van der Waals surface area contributed by atoms with Crippen LogP contribution in [0.5, 0.6) is 0 Å². The summed E-state index contributed by atoms with van der Waals surface area (Å²) in [6, 6.07) is 2.24. The zero-order valence-corrected chi connectivity index (χ0v) is 14.3. The van der Waals surface area contributed by atoms with E-state index < -0.39 is 0 Å². The zero-order chi connectivity index (χ0) is 16.2. The normalized spacial score (nSPS) is 21.5. The van der Waals surface area contributed by atoms with E-state index in [0.717, 1.165) is 23.3 Å². The van der Waals surface area contributed by atoms with Crippen LogP contribution >= 0.6 is 11.3 Å². The Hall–Kier alpha value is -1.38. The summed E-state index contributed by atoms with van der Waals surface area (Å²) in [5, 5.41) is 22.8. The average molecular weight is 332 g/mol. The molecule has 2 aliphatic carbocycles. The summed E-state index contributed by atoms with van der Waals surface area (Å²) in [7, 11) is 0. The number of hydrogen-bond donors (Lipinski definition) is 2. The fraction of sp³-hybridized carbons (Fsp3) is 0.667. The van der Waals surface area contributed by atoms with Gasteiger partial charge in [0.15, 0.2) is 0 Å². The van der Waals surface area contributed by atoms with E-state index in [1.54, 1.807) is 0 Å². The molecule has 0 aliphatic heterocycles. The number of carbonyl (C=O) groups excluding carboxylic acids is 1. The average Bonchev–Trinajstić information content (AvgIpc) is 2.89.